The zero-order chi connectivity index (χ0) is 14.7. The molecule has 21 heavy (non-hydrogen) atoms. The lowest BCUT2D eigenvalue weighted by atomic mass is 9.92. The second kappa shape index (κ2) is 6.64. The first kappa shape index (κ1) is 14.6. The van der Waals surface area contributed by atoms with Crippen LogP contribution in [0.15, 0.2) is 11.4 Å². The number of fused-ring (bicyclic) bond motifs is 1. The third-order valence-corrected chi connectivity index (χ3v) is 5.48. The van der Waals surface area contributed by atoms with Crippen molar-refractivity contribution in [2.75, 3.05) is 13.2 Å². The maximum Gasteiger partial charge on any atom is 0.265 e. The molecule has 1 N–H and O–H groups in total. The molecule has 2 atom stereocenters. The second-order valence-electron chi connectivity index (χ2n) is 5.84. The highest BCUT2D eigenvalue weighted by atomic mass is 32.1. The third-order valence-electron chi connectivity index (χ3n) is 4.57. The summed E-state index contributed by atoms with van der Waals surface area (Å²) in [6.45, 7) is 0.956. The van der Waals surface area contributed by atoms with Gasteiger partial charge < -0.3 is 10.0 Å². The van der Waals surface area contributed by atoms with Crippen LogP contribution in [0.2, 0.25) is 0 Å². The van der Waals surface area contributed by atoms with Crippen molar-refractivity contribution in [2.24, 2.45) is 5.92 Å². The van der Waals surface area contributed by atoms with E-state index in [4.69, 9.17) is 5.11 Å². The van der Waals surface area contributed by atoms with Crippen LogP contribution in [0.25, 0.3) is 0 Å². The molecule has 1 saturated carbocycles. The quantitative estimate of drug-likeness (QED) is 0.854. The van der Waals surface area contributed by atoms with Crippen LogP contribution in [0.5, 0.6) is 0 Å². The molecule has 0 bridgehead atoms. The lowest BCUT2D eigenvalue weighted by Gasteiger charge is -2.37. The van der Waals surface area contributed by atoms with Gasteiger partial charge in [0, 0.05) is 24.6 Å². The van der Waals surface area contributed by atoms with E-state index in [1.165, 1.54) is 30.6 Å². The minimum absolute atomic E-state index is 0.0658. The fraction of sp³-hybridized carbons (Fsp3) is 0.588. The number of hydrogen-bond donors (Lipinski definition) is 1. The van der Waals surface area contributed by atoms with Crippen LogP contribution in [-0.2, 0) is 0 Å². The average molecular weight is 303 g/mol. The number of aliphatic hydroxyl groups excluding tert-OH is 1. The number of carbonyl (C=O) groups excluding carboxylic acids is 1. The van der Waals surface area contributed by atoms with Crippen molar-refractivity contribution in [1.82, 2.24) is 4.90 Å². The van der Waals surface area contributed by atoms with Gasteiger partial charge in [0.25, 0.3) is 5.91 Å². The Morgan fingerprint density at radius 3 is 3.10 bits per heavy atom. The van der Waals surface area contributed by atoms with Crippen molar-refractivity contribution >= 4 is 17.2 Å². The molecule has 4 heteroatoms. The first-order chi connectivity index (χ1) is 10.3. The van der Waals surface area contributed by atoms with Crippen LogP contribution in [-0.4, -0.2) is 35.1 Å². The van der Waals surface area contributed by atoms with Gasteiger partial charge in [-0.25, -0.2) is 0 Å². The van der Waals surface area contributed by atoms with Crippen LogP contribution in [0.3, 0.4) is 0 Å². The molecule has 2 aliphatic rings. The maximum absolute atomic E-state index is 12.9. The molecule has 2 fully saturated rings. The second-order valence-corrected chi connectivity index (χ2v) is 6.75. The molecule has 0 radical (unpaired) electrons. The summed E-state index contributed by atoms with van der Waals surface area (Å²) in [5.41, 5.74) is 0.818. The molecule has 2 unspecified atom stereocenters. The van der Waals surface area contributed by atoms with Gasteiger partial charge in [-0.15, -0.1) is 11.3 Å². The standard InChI is InChI=1S/C17H21NO2S/c19-11-2-1-5-14-9-12-21-16(14)17(20)18-10-4-7-13-6-3-8-15(13)18/h9,12-13,15,19H,2-4,6-8,10-11H2. The highest BCUT2D eigenvalue weighted by molar-refractivity contribution is 7.12. The Morgan fingerprint density at radius 1 is 1.38 bits per heavy atom. The average Bonchev–Trinajstić information content (AvgIpc) is 3.15. The van der Waals surface area contributed by atoms with Crippen molar-refractivity contribution < 1.29 is 9.90 Å². The van der Waals surface area contributed by atoms with Gasteiger partial charge in [-0.3, -0.25) is 4.79 Å². The summed E-state index contributed by atoms with van der Waals surface area (Å²) in [4.78, 5) is 15.7. The van der Waals surface area contributed by atoms with E-state index < -0.39 is 0 Å². The SMILES string of the molecule is O=C(c1sccc1C#CCCO)N1CCCC2CCCC21. The summed E-state index contributed by atoms with van der Waals surface area (Å²) in [5, 5.41) is 10.7. The summed E-state index contributed by atoms with van der Waals surface area (Å²) in [5.74, 6) is 6.82. The lowest BCUT2D eigenvalue weighted by molar-refractivity contribution is 0.0553. The van der Waals surface area contributed by atoms with Crippen molar-refractivity contribution in [1.29, 1.82) is 0 Å². The topological polar surface area (TPSA) is 40.5 Å². The Balaban J connectivity index is 1.79. The Hall–Kier alpha value is -1.31. The lowest BCUT2D eigenvalue weighted by Crippen LogP contribution is -2.46. The van der Waals surface area contributed by atoms with Crippen molar-refractivity contribution in [2.45, 2.75) is 44.6 Å². The molecule has 0 spiro atoms. The van der Waals surface area contributed by atoms with Crippen LogP contribution >= 0.6 is 11.3 Å². The summed E-state index contributed by atoms with van der Waals surface area (Å²) in [7, 11) is 0. The van der Waals surface area contributed by atoms with Gasteiger partial charge in [-0.2, -0.15) is 0 Å². The summed E-state index contributed by atoms with van der Waals surface area (Å²) in [6, 6.07) is 2.37. The van der Waals surface area contributed by atoms with E-state index in [9.17, 15) is 4.79 Å². The predicted molar refractivity (Wildman–Crippen MR) is 84.3 cm³/mol. The molecule has 1 aliphatic heterocycles. The monoisotopic (exact) mass is 303 g/mol. The fourth-order valence-electron chi connectivity index (χ4n) is 3.62. The fourth-order valence-corrected chi connectivity index (χ4v) is 4.43. The minimum Gasteiger partial charge on any atom is -0.395 e. The number of amides is 1. The van der Waals surface area contributed by atoms with Crippen LogP contribution in [0.4, 0.5) is 0 Å². The smallest absolute Gasteiger partial charge is 0.265 e. The molecule has 1 amide bonds. The molecule has 1 saturated heterocycles. The van der Waals surface area contributed by atoms with Gasteiger partial charge in [-0.05, 0) is 43.0 Å². The molecule has 3 rings (SSSR count). The van der Waals surface area contributed by atoms with E-state index in [0.29, 0.717) is 18.4 Å². The van der Waals surface area contributed by atoms with E-state index >= 15 is 0 Å². The van der Waals surface area contributed by atoms with Gasteiger partial charge in [0.05, 0.1) is 6.61 Å². The Kier molecular flexibility index (Phi) is 4.62. The molecular weight excluding hydrogens is 282 g/mol. The maximum atomic E-state index is 12.9. The molecule has 1 aromatic rings. The normalized spacial score (nSPS) is 24.3. The Bertz CT molecular complexity index is 569. The molecule has 112 valence electrons. The van der Waals surface area contributed by atoms with E-state index in [1.807, 2.05) is 11.4 Å². The Morgan fingerprint density at radius 2 is 2.24 bits per heavy atom. The minimum atomic E-state index is 0.0658. The zero-order valence-electron chi connectivity index (χ0n) is 12.2. The summed E-state index contributed by atoms with van der Waals surface area (Å²) in [6.07, 6.45) is 6.56. The van der Waals surface area contributed by atoms with E-state index in [-0.39, 0.29) is 12.5 Å². The van der Waals surface area contributed by atoms with Gasteiger partial charge >= 0.3 is 0 Å². The molecule has 0 aromatic carbocycles. The molecular formula is C17H21NO2S. The largest absolute Gasteiger partial charge is 0.395 e. The number of rotatable bonds is 2. The first-order valence-electron chi connectivity index (χ1n) is 7.79. The van der Waals surface area contributed by atoms with E-state index in [1.54, 1.807) is 0 Å². The highest BCUT2D eigenvalue weighted by Gasteiger charge is 2.38. The van der Waals surface area contributed by atoms with Gasteiger partial charge in [0.15, 0.2) is 0 Å². The number of thiophene rings is 1. The zero-order valence-corrected chi connectivity index (χ0v) is 13.0. The number of aliphatic hydroxyl groups is 1. The Labute approximate surface area is 130 Å². The molecule has 3 nitrogen and oxygen atoms in total. The van der Waals surface area contributed by atoms with Gasteiger partial charge in [0.2, 0.25) is 0 Å². The molecule has 1 aliphatic carbocycles. The summed E-state index contributed by atoms with van der Waals surface area (Å²) >= 11 is 1.49. The van der Waals surface area contributed by atoms with Crippen molar-refractivity contribution in [3.63, 3.8) is 0 Å². The third kappa shape index (κ3) is 3.00. The first-order valence-corrected chi connectivity index (χ1v) is 8.67. The highest BCUT2D eigenvalue weighted by Crippen LogP contribution is 2.37. The van der Waals surface area contributed by atoms with Gasteiger partial charge in [-0.1, -0.05) is 18.3 Å². The molecule has 2 heterocycles. The van der Waals surface area contributed by atoms with E-state index in [0.717, 1.165) is 29.8 Å². The van der Waals surface area contributed by atoms with Crippen LogP contribution < -0.4 is 0 Å². The van der Waals surface area contributed by atoms with E-state index in [2.05, 4.69) is 16.7 Å². The van der Waals surface area contributed by atoms with Crippen LogP contribution in [0.1, 0.15) is 53.8 Å². The van der Waals surface area contributed by atoms with Crippen molar-refractivity contribution in [3.8, 4) is 11.8 Å². The number of hydrogen-bond acceptors (Lipinski definition) is 3. The predicted octanol–water partition coefficient (Wildman–Crippen LogP) is 2.89. The van der Waals surface area contributed by atoms with Crippen LogP contribution in [0, 0.1) is 17.8 Å². The number of likely N-dealkylation sites (tertiary alicyclic amines) is 1. The summed E-state index contributed by atoms with van der Waals surface area (Å²) < 4.78 is 0. The number of carbonyl (C=O) groups is 1. The number of piperidine rings is 1. The number of nitrogens with zero attached hydrogens (tertiary/aromatic N) is 1. The van der Waals surface area contributed by atoms with Crippen molar-refractivity contribution in [3.05, 3.63) is 21.9 Å². The van der Waals surface area contributed by atoms with Gasteiger partial charge in [0.1, 0.15) is 4.88 Å². The molecule has 1 aromatic heterocycles.